The van der Waals surface area contributed by atoms with E-state index >= 15 is 0 Å². The van der Waals surface area contributed by atoms with E-state index in [1.165, 1.54) is 19.5 Å². The third-order valence-corrected chi connectivity index (χ3v) is 10.8. The molecule has 7 heteroatoms. The van der Waals surface area contributed by atoms with Crippen LogP contribution >= 0.6 is 22.7 Å². The van der Waals surface area contributed by atoms with E-state index in [0.29, 0.717) is 17.5 Å². The summed E-state index contributed by atoms with van der Waals surface area (Å²) in [5.41, 5.74) is 6.46. The normalized spacial score (nSPS) is 11.8. The topological polar surface area (TPSA) is 64.7 Å². The van der Waals surface area contributed by atoms with Gasteiger partial charge in [0.2, 0.25) is 0 Å². The number of hydrogen-bond donors (Lipinski definition) is 0. The van der Waals surface area contributed by atoms with Gasteiger partial charge in [0.1, 0.15) is 16.2 Å². The molecular formula is C40H22N4OS2. The van der Waals surface area contributed by atoms with Crippen LogP contribution in [0.2, 0.25) is 0 Å². The molecule has 0 aliphatic heterocycles. The Balaban J connectivity index is 1.23. The number of thiophene rings is 1. The minimum absolute atomic E-state index is 0.601. The zero-order valence-electron chi connectivity index (χ0n) is 24.7. The molecule has 0 aliphatic rings. The maximum Gasteiger partial charge on any atom is 0.164 e. The molecule has 4 aromatic heterocycles. The Morgan fingerprint density at radius 2 is 1.13 bits per heavy atom. The van der Waals surface area contributed by atoms with Crippen molar-refractivity contribution in [3.8, 4) is 44.7 Å². The van der Waals surface area contributed by atoms with E-state index in [0.717, 1.165) is 60.1 Å². The number of hydrogen-bond acceptors (Lipinski definition) is 7. The molecule has 0 spiro atoms. The lowest BCUT2D eigenvalue weighted by atomic mass is 10.0. The summed E-state index contributed by atoms with van der Waals surface area (Å²) in [5, 5.41) is 5.32. The fraction of sp³-hybridized carbons (Fsp3) is 0. The molecule has 0 atom stereocenters. The number of rotatable bonds is 4. The van der Waals surface area contributed by atoms with E-state index in [4.69, 9.17) is 24.4 Å². The van der Waals surface area contributed by atoms with Gasteiger partial charge in [-0.25, -0.2) is 19.9 Å². The Hall–Kier alpha value is -5.76. The molecule has 0 saturated heterocycles. The number of para-hydroxylation sites is 1. The van der Waals surface area contributed by atoms with Crippen molar-refractivity contribution in [3.05, 3.63) is 133 Å². The van der Waals surface area contributed by atoms with Crippen molar-refractivity contribution >= 4 is 75.0 Å². The third kappa shape index (κ3) is 4.28. The number of fused-ring (bicyclic) bond motifs is 7. The SMILES string of the molecule is c1ccc(-c2nc(-c3cccc4oc5ccc(-c6nc7ccccc7s6)cc5c34)nc(-c3cccc4sc5ccccc5c34)n2)cc1. The van der Waals surface area contributed by atoms with Gasteiger partial charge < -0.3 is 4.42 Å². The highest BCUT2D eigenvalue weighted by atomic mass is 32.1. The molecule has 0 aliphatic carbocycles. The second kappa shape index (κ2) is 10.4. The molecule has 0 unspecified atom stereocenters. The first-order valence-electron chi connectivity index (χ1n) is 15.3. The summed E-state index contributed by atoms with van der Waals surface area (Å²) in [7, 11) is 0. The van der Waals surface area contributed by atoms with Crippen molar-refractivity contribution in [3.63, 3.8) is 0 Å². The fourth-order valence-corrected chi connectivity index (χ4v) is 8.53. The van der Waals surface area contributed by atoms with Gasteiger partial charge in [0.05, 0.1) is 10.2 Å². The lowest BCUT2D eigenvalue weighted by Gasteiger charge is -2.10. The number of aromatic nitrogens is 4. The maximum absolute atomic E-state index is 6.40. The predicted molar refractivity (Wildman–Crippen MR) is 195 cm³/mol. The van der Waals surface area contributed by atoms with Crippen molar-refractivity contribution in [1.29, 1.82) is 0 Å². The summed E-state index contributed by atoms with van der Waals surface area (Å²) < 4.78 is 10.0. The van der Waals surface area contributed by atoms with Crippen molar-refractivity contribution in [2.75, 3.05) is 0 Å². The zero-order valence-corrected chi connectivity index (χ0v) is 26.3. The Morgan fingerprint density at radius 1 is 0.426 bits per heavy atom. The first kappa shape index (κ1) is 26.5. The van der Waals surface area contributed by atoms with Crippen LogP contribution in [0.4, 0.5) is 0 Å². The molecule has 0 amide bonds. The number of thiazole rings is 1. The minimum atomic E-state index is 0.601. The molecule has 10 rings (SSSR count). The van der Waals surface area contributed by atoms with Crippen LogP contribution in [0.5, 0.6) is 0 Å². The summed E-state index contributed by atoms with van der Waals surface area (Å²) in [6, 6.07) is 45.7. The Bertz CT molecular complexity index is 2780. The van der Waals surface area contributed by atoms with Crippen LogP contribution in [-0.4, -0.2) is 19.9 Å². The molecule has 0 bridgehead atoms. The lowest BCUT2D eigenvalue weighted by molar-refractivity contribution is 0.669. The maximum atomic E-state index is 6.40. The molecule has 0 fully saturated rings. The Labute approximate surface area is 276 Å². The fourth-order valence-electron chi connectivity index (χ4n) is 6.44. The molecule has 47 heavy (non-hydrogen) atoms. The highest BCUT2D eigenvalue weighted by Crippen LogP contribution is 2.42. The standard InChI is InChI=1S/C40H22N4OS2/c1-2-10-23(11-3-1)37-42-38(44-39(43-37)27-14-9-19-34-36(27)25-12-4-6-17-32(25)46-34)26-13-8-16-31-35(26)28-22-24(20-21-30(28)45-31)40-41-29-15-5-7-18-33(29)47-40/h1-22H. The van der Waals surface area contributed by atoms with E-state index in [-0.39, 0.29) is 0 Å². The first-order valence-corrected chi connectivity index (χ1v) is 16.9. The largest absolute Gasteiger partial charge is 0.456 e. The van der Waals surface area contributed by atoms with E-state index in [9.17, 15) is 0 Å². The second-order valence-corrected chi connectivity index (χ2v) is 13.5. The van der Waals surface area contributed by atoms with Gasteiger partial charge in [-0.3, -0.25) is 0 Å². The molecular weight excluding hydrogens is 617 g/mol. The average molecular weight is 639 g/mol. The van der Waals surface area contributed by atoms with E-state index < -0.39 is 0 Å². The molecule has 0 saturated carbocycles. The van der Waals surface area contributed by atoms with Gasteiger partial charge in [0, 0.05) is 53.2 Å². The van der Waals surface area contributed by atoms with Crippen LogP contribution in [0.15, 0.2) is 138 Å². The van der Waals surface area contributed by atoms with Crippen molar-refractivity contribution in [1.82, 2.24) is 19.9 Å². The summed E-state index contributed by atoms with van der Waals surface area (Å²) >= 11 is 3.48. The average Bonchev–Trinajstić information content (AvgIpc) is 3.84. The highest BCUT2D eigenvalue weighted by molar-refractivity contribution is 7.26. The molecule has 220 valence electrons. The molecule has 5 nitrogen and oxygen atoms in total. The number of furan rings is 1. The van der Waals surface area contributed by atoms with Crippen LogP contribution < -0.4 is 0 Å². The van der Waals surface area contributed by atoms with Crippen LogP contribution in [0.25, 0.3) is 97.1 Å². The number of nitrogens with zero attached hydrogens (tertiary/aromatic N) is 4. The van der Waals surface area contributed by atoms with Crippen LogP contribution in [0, 0.1) is 0 Å². The minimum Gasteiger partial charge on any atom is -0.456 e. The Morgan fingerprint density at radius 3 is 1.98 bits per heavy atom. The Kier molecular flexibility index (Phi) is 5.85. The molecule has 4 heterocycles. The molecule has 6 aromatic carbocycles. The molecule has 0 N–H and O–H groups in total. The summed E-state index contributed by atoms with van der Waals surface area (Å²) in [6.45, 7) is 0. The summed E-state index contributed by atoms with van der Waals surface area (Å²) in [4.78, 5) is 20.3. The van der Waals surface area contributed by atoms with Crippen molar-refractivity contribution < 1.29 is 4.42 Å². The quantitative estimate of drug-likeness (QED) is 0.192. The second-order valence-electron chi connectivity index (χ2n) is 11.4. The lowest BCUT2D eigenvalue weighted by Crippen LogP contribution is -2.00. The van der Waals surface area contributed by atoms with Gasteiger partial charge in [-0.05, 0) is 48.5 Å². The van der Waals surface area contributed by atoms with Gasteiger partial charge in [0.25, 0.3) is 0 Å². The zero-order chi connectivity index (χ0) is 30.9. The number of benzene rings is 6. The monoisotopic (exact) mass is 638 g/mol. The molecule has 10 aromatic rings. The van der Waals surface area contributed by atoms with Gasteiger partial charge >= 0.3 is 0 Å². The summed E-state index contributed by atoms with van der Waals surface area (Å²) in [5.74, 6) is 1.87. The van der Waals surface area contributed by atoms with E-state index in [2.05, 4.69) is 78.9 Å². The van der Waals surface area contributed by atoms with E-state index in [1.54, 1.807) is 22.7 Å². The van der Waals surface area contributed by atoms with Gasteiger partial charge in [-0.2, -0.15) is 0 Å². The van der Waals surface area contributed by atoms with Gasteiger partial charge in [-0.15, -0.1) is 22.7 Å². The first-order chi connectivity index (χ1) is 23.3. The van der Waals surface area contributed by atoms with Gasteiger partial charge in [0.15, 0.2) is 17.5 Å². The predicted octanol–water partition coefficient (Wildman–Crippen LogP) is 11.4. The third-order valence-electron chi connectivity index (χ3n) is 8.59. The smallest absolute Gasteiger partial charge is 0.164 e. The van der Waals surface area contributed by atoms with Crippen LogP contribution in [0.3, 0.4) is 0 Å². The van der Waals surface area contributed by atoms with Crippen molar-refractivity contribution in [2.45, 2.75) is 0 Å². The van der Waals surface area contributed by atoms with Crippen molar-refractivity contribution in [2.24, 2.45) is 0 Å². The highest BCUT2D eigenvalue weighted by Gasteiger charge is 2.20. The summed E-state index contributed by atoms with van der Waals surface area (Å²) in [6.07, 6.45) is 0. The molecule has 0 radical (unpaired) electrons. The van der Waals surface area contributed by atoms with Gasteiger partial charge in [-0.1, -0.05) is 84.9 Å². The van der Waals surface area contributed by atoms with Crippen LogP contribution in [0.1, 0.15) is 0 Å². The van der Waals surface area contributed by atoms with E-state index in [1.807, 2.05) is 54.6 Å². The van der Waals surface area contributed by atoms with Crippen LogP contribution in [-0.2, 0) is 0 Å².